The number of carboxylic acid groups (broad SMARTS) is 1. The van der Waals surface area contributed by atoms with Gasteiger partial charge in [0.1, 0.15) is 6.61 Å². The van der Waals surface area contributed by atoms with Gasteiger partial charge in [0.2, 0.25) is 0 Å². The summed E-state index contributed by atoms with van der Waals surface area (Å²) in [5, 5.41) is 8.59. The SMILES string of the molecule is C[C@@H]1CCCN1CCc1ccc(-c2ccc(COCC(=O)O)cc2)cc1. The smallest absolute Gasteiger partial charge is 0.329 e. The fourth-order valence-corrected chi connectivity index (χ4v) is 3.51. The Labute approximate surface area is 155 Å². The summed E-state index contributed by atoms with van der Waals surface area (Å²) in [6.07, 6.45) is 3.76. The van der Waals surface area contributed by atoms with Crippen molar-refractivity contribution >= 4 is 5.97 Å². The highest BCUT2D eigenvalue weighted by atomic mass is 16.5. The van der Waals surface area contributed by atoms with Gasteiger partial charge in [0, 0.05) is 12.6 Å². The molecule has 1 N–H and O–H groups in total. The fraction of sp³-hybridized carbons (Fsp3) is 0.409. The van der Waals surface area contributed by atoms with E-state index in [0.717, 1.165) is 30.1 Å². The van der Waals surface area contributed by atoms with Gasteiger partial charge in [-0.15, -0.1) is 0 Å². The number of ether oxygens (including phenoxy) is 1. The molecule has 1 atom stereocenters. The summed E-state index contributed by atoms with van der Waals surface area (Å²) in [6, 6.07) is 17.6. The number of hydrogen-bond acceptors (Lipinski definition) is 3. The van der Waals surface area contributed by atoms with Gasteiger partial charge in [0.25, 0.3) is 0 Å². The average Bonchev–Trinajstić information content (AvgIpc) is 3.06. The van der Waals surface area contributed by atoms with Crippen LogP contribution in [0.2, 0.25) is 0 Å². The molecule has 0 aromatic heterocycles. The number of carbonyl (C=O) groups is 1. The maximum atomic E-state index is 10.5. The molecule has 1 heterocycles. The molecule has 2 aromatic carbocycles. The molecule has 0 unspecified atom stereocenters. The molecular weight excluding hydrogens is 326 g/mol. The third kappa shape index (κ3) is 5.16. The highest BCUT2D eigenvalue weighted by Gasteiger charge is 2.19. The zero-order valence-corrected chi connectivity index (χ0v) is 15.4. The number of likely N-dealkylation sites (tertiary alicyclic amines) is 1. The van der Waals surface area contributed by atoms with Gasteiger partial charge in [-0.05, 0) is 55.0 Å². The first kappa shape index (κ1) is 18.6. The van der Waals surface area contributed by atoms with Gasteiger partial charge in [0.15, 0.2) is 0 Å². The van der Waals surface area contributed by atoms with Crippen LogP contribution in [0.1, 0.15) is 30.9 Å². The van der Waals surface area contributed by atoms with Crippen LogP contribution in [0.5, 0.6) is 0 Å². The molecule has 0 amide bonds. The van der Waals surface area contributed by atoms with E-state index in [0.29, 0.717) is 6.61 Å². The molecule has 3 rings (SSSR count). The fourth-order valence-electron chi connectivity index (χ4n) is 3.51. The Balaban J connectivity index is 1.53. The molecule has 0 aliphatic carbocycles. The lowest BCUT2D eigenvalue weighted by Gasteiger charge is -2.20. The highest BCUT2D eigenvalue weighted by molar-refractivity contribution is 5.68. The molecule has 1 aliphatic heterocycles. The minimum absolute atomic E-state index is 0.264. The van der Waals surface area contributed by atoms with Gasteiger partial charge in [-0.25, -0.2) is 4.79 Å². The van der Waals surface area contributed by atoms with E-state index in [-0.39, 0.29) is 6.61 Å². The monoisotopic (exact) mass is 353 g/mol. The molecule has 2 aromatic rings. The summed E-state index contributed by atoms with van der Waals surface area (Å²) in [6.45, 7) is 4.76. The number of benzene rings is 2. The van der Waals surface area contributed by atoms with Crippen molar-refractivity contribution in [3.63, 3.8) is 0 Å². The van der Waals surface area contributed by atoms with E-state index in [1.54, 1.807) is 0 Å². The van der Waals surface area contributed by atoms with Crippen LogP contribution >= 0.6 is 0 Å². The highest BCUT2D eigenvalue weighted by Crippen LogP contribution is 2.22. The zero-order chi connectivity index (χ0) is 18.4. The Bertz CT molecular complexity index is 709. The second-order valence-electron chi connectivity index (χ2n) is 7.06. The first-order valence-electron chi connectivity index (χ1n) is 9.33. The van der Waals surface area contributed by atoms with Crippen molar-refractivity contribution in [2.45, 2.75) is 38.8 Å². The third-order valence-electron chi connectivity index (χ3n) is 5.11. The van der Waals surface area contributed by atoms with E-state index in [9.17, 15) is 4.79 Å². The number of hydrogen-bond donors (Lipinski definition) is 1. The number of nitrogens with zero attached hydrogens (tertiary/aromatic N) is 1. The average molecular weight is 353 g/mol. The van der Waals surface area contributed by atoms with E-state index in [1.807, 2.05) is 12.1 Å². The van der Waals surface area contributed by atoms with Crippen molar-refractivity contribution in [1.29, 1.82) is 0 Å². The summed E-state index contributed by atoms with van der Waals surface area (Å²) in [5.41, 5.74) is 4.71. The summed E-state index contributed by atoms with van der Waals surface area (Å²) < 4.78 is 5.12. The van der Waals surface area contributed by atoms with Crippen LogP contribution in [0.15, 0.2) is 48.5 Å². The molecule has 1 fully saturated rings. The van der Waals surface area contributed by atoms with Crippen molar-refractivity contribution in [3.05, 3.63) is 59.7 Å². The second-order valence-corrected chi connectivity index (χ2v) is 7.06. The normalized spacial score (nSPS) is 17.5. The van der Waals surface area contributed by atoms with Crippen molar-refractivity contribution < 1.29 is 14.6 Å². The number of carboxylic acids is 1. The van der Waals surface area contributed by atoms with E-state index in [1.165, 1.54) is 30.5 Å². The van der Waals surface area contributed by atoms with Crippen LogP contribution in [-0.2, 0) is 22.6 Å². The van der Waals surface area contributed by atoms with Gasteiger partial charge >= 0.3 is 5.97 Å². The maximum absolute atomic E-state index is 10.5. The van der Waals surface area contributed by atoms with Crippen molar-refractivity contribution in [1.82, 2.24) is 4.90 Å². The first-order chi connectivity index (χ1) is 12.6. The Hall–Kier alpha value is -2.17. The van der Waals surface area contributed by atoms with Crippen LogP contribution in [-0.4, -0.2) is 41.7 Å². The predicted molar refractivity (Wildman–Crippen MR) is 103 cm³/mol. The summed E-state index contributed by atoms with van der Waals surface area (Å²) in [7, 11) is 0. The van der Waals surface area contributed by atoms with Crippen LogP contribution < -0.4 is 0 Å². The molecule has 0 saturated carbocycles. The van der Waals surface area contributed by atoms with Gasteiger partial charge in [-0.3, -0.25) is 0 Å². The Morgan fingerprint density at radius 1 is 1.08 bits per heavy atom. The lowest BCUT2D eigenvalue weighted by molar-refractivity contribution is -0.142. The lowest BCUT2D eigenvalue weighted by Crippen LogP contribution is -2.28. The molecule has 4 nitrogen and oxygen atoms in total. The summed E-state index contributed by atoms with van der Waals surface area (Å²) in [4.78, 5) is 13.0. The van der Waals surface area contributed by atoms with Crippen molar-refractivity contribution in [3.8, 4) is 11.1 Å². The van der Waals surface area contributed by atoms with E-state index in [2.05, 4.69) is 48.2 Å². The maximum Gasteiger partial charge on any atom is 0.329 e. The van der Waals surface area contributed by atoms with Crippen LogP contribution in [0.25, 0.3) is 11.1 Å². The first-order valence-corrected chi connectivity index (χ1v) is 9.33. The van der Waals surface area contributed by atoms with Crippen LogP contribution in [0.4, 0.5) is 0 Å². The summed E-state index contributed by atoms with van der Waals surface area (Å²) in [5.74, 6) is -0.944. The molecule has 0 radical (unpaired) electrons. The third-order valence-corrected chi connectivity index (χ3v) is 5.11. The van der Waals surface area contributed by atoms with E-state index in [4.69, 9.17) is 9.84 Å². The molecule has 138 valence electrons. The van der Waals surface area contributed by atoms with Crippen molar-refractivity contribution in [2.24, 2.45) is 0 Å². The molecule has 0 bridgehead atoms. The standard InChI is InChI=1S/C22H27NO3/c1-17-3-2-13-23(17)14-12-18-4-8-20(9-5-18)21-10-6-19(7-11-21)15-26-16-22(24)25/h4-11,17H,2-3,12-16H2,1H3,(H,24,25)/t17-/m1/s1. The molecule has 1 aliphatic rings. The largest absolute Gasteiger partial charge is 0.480 e. The van der Waals surface area contributed by atoms with Gasteiger partial charge in [-0.2, -0.15) is 0 Å². The second kappa shape index (κ2) is 8.97. The Morgan fingerprint density at radius 3 is 2.23 bits per heavy atom. The van der Waals surface area contributed by atoms with Gasteiger partial charge in [-0.1, -0.05) is 48.5 Å². The molecule has 1 saturated heterocycles. The molecule has 26 heavy (non-hydrogen) atoms. The molecular formula is C22H27NO3. The van der Waals surface area contributed by atoms with E-state index < -0.39 is 5.97 Å². The van der Waals surface area contributed by atoms with Gasteiger partial charge < -0.3 is 14.7 Å². The minimum atomic E-state index is -0.944. The van der Waals surface area contributed by atoms with Gasteiger partial charge in [0.05, 0.1) is 6.61 Å². The Kier molecular flexibility index (Phi) is 6.42. The lowest BCUT2D eigenvalue weighted by atomic mass is 10.0. The van der Waals surface area contributed by atoms with Crippen LogP contribution in [0, 0.1) is 0 Å². The topological polar surface area (TPSA) is 49.8 Å². The molecule has 0 spiro atoms. The zero-order valence-electron chi connectivity index (χ0n) is 15.4. The number of aliphatic carboxylic acids is 1. The summed E-state index contributed by atoms with van der Waals surface area (Å²) >= 11 is 0. The van der Waals surface area contributed by atoms with E-state index >= 15 is 0 Å². The molecule has 4 heteroatoms. The van der Waals surface area contributed by atoms with Crippen molar-refractivity contribution in [2.75, 3.05) is 19.7 Å². The minimum Gasteiger partial charge on any atom is -0.480 e. The van der Waals surface area contributed by atoms with Crippen LogP contribution in [0.3, 0.4) is 0 Å². The Morgan fingerprint density at radius 2 is 1.69 bits per heavy atom. The quantitative estimate of drug-likeness (QED) is 0.780. The predicted octanol–water partition coefficient (Wildman–Crippen LogP) is 3.98. The number of rotatable bonds is 8.